The molecule has 0 saturated heterocycles. The molecule has 126 valence electrons. The fourth-order valence-corrected chi connectivity index (χ4v) is 2.34. The number of fused-ring (bicyclic) bond motifs is 1. The maximum absolute atomic E-state index is 5.37. The molecule has 0 atom stereocenters. The van der Waals surface area contributed by atoms with E-state index in [-0.39, 0.29) is 6.79 Å². The lowest BCUT2D eigenvalue weighted by Gasteiger charge is -2.08. The predicted octanol–water partition coefficient (Wildman–Crippen LogP) is 3.10. The fourth-order valence-electron chi connectivity index (χ4n) is 2.34. The van der Waals surface area contributed by atoms with Crippen LogP contribution in [-0.4, -0.2) is 29.1 Å². The van der Waals surface area contributed by atoms with Crippen molar-refractivity contribution in [1.29, 1.82) is 0 Å². The third-order valence-electron chi connectivity index (χ3n) is 3.55. The monoisotopic (exact) mass is 337 g/mol. The van der Waals surface area contributed by atoms with E-state index < -0.39 is 0 Å². The molecule has 0 bridgehead atoms. The summed E-state index contributed by atoms with van der Waals surface area (Å²) in [4.78, 5) is 4.40. The topological polar surface area (TPSA) is 90.4 Å². The second-order valence-corrected chi connectivity index (χ2v) is 5.21. The third kappa shape index (κ3) is 3.37. The molecule has 25 heavy (non-hydrogen) atoms. The van der Waals surface area contributed by atoms with Gasteiger partial charge in [-0.05, 0) is 36.4 Å². The van der Waals surface area contributed by atoms with Crippen LogP contribution in [0.25, 0.3) is 0 Å². The van der Waals surface area contributed by atoms with E-state index in [2.05, 4.69) is 25.8 Å². The van der Waals surface area contributed by atoms with E-state index >= 15 is 0 Å². The van der Waals surface area contributed by atoms with Crippen molar-refractivity contribution in [3.8, 4) is 17.2 Å². The minimum Gasteiger partial charge on any atom is -0.497 e. The van der Waals surface area contributed by atoms with Crippen molar-refractivity contribution >= 4 is 23.1 Å². The van der Waals surface area contributed by atoms with Crippen molar-refractivity contribution in [2.75, 3.05) is 24.5 Å². The summed E-state index contributed by atoms with van der Waals surface area (Å²) in [6.07, 6.45) is 1.55. The first kappa shape index (κ1) is 15.0. The maximum atomic E-state index is 5.37. The molecule has 2 aromatic carbocycles. The van der Waals surface area contributed by atoms with Crippen molar-refractivity contribution in [2.45, 2.75) is 0 Å². The minimum absolute atomic E-state index is 0.240. The van der Waals surface area contributed by atoms with Gasteiger partial charge in [0.15, 0.2) is 17.3 Å². The van der Waals surface area contributed by atoms with Gasteiger partial charge >= 0.3 is 0 Å². The molecule has 1 aliphatic heterocycles. The molecule has 1 aromatic heterocycles. The van der Waals surface area contributed by atoms with Gasteiger partial charge in [-0.25, -0.2) is 0 Å². The van der Waals surface area contributed by atoms with Crippen LogP contribution in [0, 0.1) is 0 Å². The Bertz CT molecular complexity index is 886. The smallest absolute Gasteiger partial charge is 0.249 e. The quantitative estimate of drug-likeness (QED) is 0.734. The summed E-state index contributed by atoms with van der Waals surface area (Å²) in [6, 6.07) is 13.0. The molecule has 2 N–H and O–H groups in total. The van der Waals surface area contributed by atoms with Crippen LogP contribution in [0.2, 0.25) is 0 Å². The molecule has 0 unspecified atom stereocenters. The summed E-state index contributed by atoms with van der Waals surface area (Å²) in [5.74, 6) is 3.15. The SMILES string of the molecule is COc1ccc(Nc2nncc(Nc3ccc4c(c3)OCO4)n2)cc1. The Hall–Kier alpha value is -3.55. The highest BCUT2D eigenvalue weighted by atomic mass is 16.7. The number of hydrogen-bond donors (Lipinski definition) is 2. The van der Waals surface area contributed by atoms with Gasteiger partial charge in [0.05, 0.1) is 13.3 Å². The van der Waals surface area contributed by atoms with Gasteiger partial charge in [0.2, 0.25) is 12.7 Å². The van der Waals surface area contributed by atoms with Gasteiger partial charge in [-0.3, -0.25) is 0 Å². The average Bonchev–Trinajstić information content (AvgIpc) is 3.10. The summed E-state index contributed by atoms with van der Waals surface area (Å²) < 4.78 is 15.8. The Labute approximate surface area is 143 Å². The van der Waals surface area contributed by atoms with Crippen LogP contribution >= 0.6 is 0 Å². The summed E-state index contributed by atoms with van der Waals surface area (Å²) in [7, 11) is 1.63. The Balaban J connectivity index is 1.49. The first-order valence-electron chi connectivity index (χ1n) is 7.58. The van der Waals surface area contributed by atoms with E-state index in [1.54, 1.807) is 13.3 Å². The van der Waals surface area contributed by atoms with E-state index in [0.29, 0.717) is 17.5 Å². The van der Waals surface area contributed by atoms with Crippen LogP contribution in [-0.2, 0) is 0 Å². The number of hydrogen-bond acceptors (Lipinski definition) is 8. The van der Waals surface area contributed by atoms with Gasteiger partial charge in [0.25, 0.3) is 0 Å². The first-order chi connectivity index (χ1) is 12.3. The summed E-state index contributed by atoms with van der Waals surface area (Å²) in [5.41, 5.74) is 1.66. The van der Waals surface area contributed by atoms with Crippen molar-refractivity contribution < 1.29 is 14.2 Å². The molecule has 0 saturated carbocycles. The van der Waals surface area contributed by atoms with Crippen LogP contribution in [0.4, 0.5) is 23.1 Å². The summed E-state index contributed by atoms with van der Waals surface area (Å²) >= 11 is 0. The lowest BCUT2D eigenvalue weighted by atomic mass is 10.3. The van der Waals surface area contributed by atoms with Crippen LogP contribution in [0.15, 0.2) is 48.7 Å². The van der Waals surface area contributed by atoms with Crippen molar-refractivity contribution in [1.82, 2.24) is 15.2 Å². The number of rotatable bonds is 5. The molecule has 2 heterocycles. The molecule has 4 rings (SSSR count). The first-order valence-corrected chi connectivity index (χ1v) is 7.58. The molecule has 8 nitrogen and oxygen atoms in total. The zero-order chi connectivity index (χ0) is 17.1. The van der Waals surface area contributed by atoms with E-state index in [0.717, 1.165) is 22.9 Å². The molecular formula is C17H15N5O3. The van der Waals surface area contributed by atoms with Crippen LogP contribution in [0.5, 0.6) is 17.2 Å². The number of anilines is 4. The third-order valence-corrected chi connectivity index (χ3v) is 3.55. The number of ether oxygens (including phenoxy) is 3. The van der Waals surface area contributed by atoms with Crippen molar-refractivity contribution in [3.63, 3.8) is 0 Å². The predicted molar refractivity (Wildman–Crippen MR) is 92.0 cm³/mol. The number of nitrogens with one attached hydrogen (secondary N) is 2. The van der Waals surface area contributed by atoms with Crippen LogP contribution in [0.3, 0.4) is 0 Å². The highest BCUT2D eigenvalue weighted by Crippen LogP contribution is 2.34. The molecule has 3 aromatic rings. The van der Waals surface area contributed by atoms with Gasteiger partial charge in [-0.1, -0.05) is 0 Å². The summed E-state index contributed by atoms with van der Waals surface area (Å²) in [6.45, 7) is 0.240. The number of methoxy groups -OCH3 is 1. The highest BCUT2D eigenvalue weighted by Gasteiger charge is 2.13. The van der Waals surface area contributed by atoms with E-state index in [1.165, 1.54) is 0 Å². The van der Waals surface area contributed by atoms with Gasteiger partial charge in [0.1, 0.15) is 5.75 Å². The van der Waals surface area contributed by atoms with Gasteiger partial charge < -0.3 is 24.8 Å². The van der Waals surface area contributed by atoms with Crippen molar-refractivity contribution in [2.24, 2.45) is 0 Å². The number of aromatic nitrogens is 3. The van der Waals surface area contributed by atoms with Gasteiger partial charge in [0, 0.05) is 17.4 Å². The number of benzene rings is 2. The Morgan fingerprint density at radius 2 is 1.76 bits per heavy atom. The standard InChI is InChI=1S/C17H15N5O3/c1-23-13-5-2-11(3-6-13)20-17-21-16(9-18-22-17)19-12-4-7-14-15(8-12)25-10-24-14/h2-9H,10H2,1H3,(H2,19,20,21,22). The molecule has 0 spiro atoms. The second kappa shape index (κ2) is 6.52. The largest absolute Gasteiger partial charge is 0.497 e. The Kier molecular flexibility index (Phi) is 3.91. The molecule has 0 aliphatic carbocycles. The average molecular weight is 337 g/mol. The lowest BCUT2D eigenvalue weighted by molar-refractivity contribution is 0.174. The Morgan fingerprint density at radius 3 is 2.60 bits per heavy atom. The number of nitrogens with zero attached hydrogens (tertiary/aromatic N) is 3. The van der Waals surface area contributed by atoms with E-state index in [1.807, 2.05) is 42.5 Å². The van der Waals surface area contributed by atoms with E-state index in [9.17, 15) is 0 Å². The molecule has 0 radical (unpaired) electrons. The normalized spacial score (nSPS) is 11.9. The fraction of sp³-hybridized carbons (Fsp3) is 0.118. The van der Waals surface area contributed by atoms with Crippen LogP contribution < -0.4 is 24.8 Å². The summed E-state index contributed by atoms with van der Waals surface area (Å²) in [5, 5.41) is 14.2. The molecule has 8 heteroatoms. The van der Waals surface area contributed by atoms with Crippen LogP contribution in [0.1, 0.15) is 0 Å². The van der Waals surface area contributed by atoms with E-state index in [4.69, 9.17) is 14.2 Å². The zero-order valence-corrected chi connectivity index (χ0v) is 13.4. The Morgan fingerprint density at radius 1 is 0.960 bits per heavy atom. The molecule has 1 aliphatic rings. The minimum atomic E-state index is 0.240. The second-order valence-electron chi connectivity index (χ2n) is 5.21. The molecule has 0 fully saturated rings. The lowest BCUT2D eigenvalue weighted by Crippen LogP contribution is -2.02. The van der Waals surface area contributed by atoms with Gasteiger partial charge in [-0.2, -0.15) is 10.1 Å². The molecule has 0 amide bonds. The highest BCUT2D eigenvalue weighted by molar-refractivity contribution is 5.62. The van der Waals surface area contributed by atoms with Gasteiger partial charge in [-0.15, -0.1) is 5.10 Å². The molecular weight excluding hydrogens is 322 g/mol. The zero-order valence-electron chi connectivity index (χ0n) is 13.4. The van der Waals surface area contributed by atoms with Crippen molar-refractivity contribution in [3.05, 3.63) is 48.7 Å². The maximum Gasteiger partial charge on any atom is 0.249 e.